The van der Waals surface area contributed by atoms with Gasteiger partial charge in [0.25, 0.3) is 0 Å². The summed E-state index contributed by atoms with van der Waals surface area (Å²) in [5, 5.41) is 3.00. The minimum Gasteiger partial charge on any atom is -0.355 e. The Morgan fingerprint density at radius 1 is 1.20 bits per heavy atom. The highest BCUT2D eigenvalue weighted by atomic mass is 32.2. The largest absolute Gasteiger partial charge is 0.355 e. The van der Waals surface area contributed by atoms with E-state index in [1.165, 1.54) is 22.6 Å². The number of carbonyl (C=O) groups excluding carboxylic acids is 1. The lowest BCUT2D eigenvalue weighted by atomic mass is 9.94. The average molecular weight is 359 g/mol. The fourth-order valence-electron chi connectivity index (χ4n) is 2.84. The number of nitrogens with one attached hydrogen (secondary N) is 3. The Kier molecular flexibility index (Phi) is 6.07. The van der Waals surface area contributed by atoms with Gasteiger partial charge < -0.3 is 5.32 Å². The number of halogens is 1. The first-order valence-electron chi connectivity index (χ1n) is 8.34. The molecule has 2 aromatic carbocycles. The summed E-state index contributed by atoms with van der Waals surface area (Å²) in [5.74, 6) is 0.346. The van der Waals surface area contributed by atoms with Crippen molar-refractivity contribution in [2.75, 3.05) is 18.8 Å². The second-order valence-corrected chi connectivity index (χ2v) is 7.28. The Morgan fingerprint density at radius 3 is 2.64 bits per heavy atom. The van der Waals surface area contributed by atoms with Crippen LogP contribution < -0.4 is 16.2 Å². The molecular weight excluding hydrogens is 337 g/mol. The molecule has 2 aromatic rings. The van der Waals surface area contributed by atoms with Gasteiger partial charge in [0.2, 0.25) is 5.91 Å². The molecule has 1 aliphatic rings. The van der Waals surface area contributed by atoms with Gasteiger partial charge in [-0.25, -0.2) is 9.82 Å². The molecule has 3 rings (SSSR count). The Balaban J connectivity index is 1.48. The lowest BCUT2D eigenvalue weighted by Crippen LogP contribution is -2.36. The molecule has 1 heterocycles. The summed E-state index contributed by atoms with van der Waals surface area (Å²) in [6.45, 7) is 3.23. The number of hydrogen-bond donors (Lipinski definition) is 3. The molecule has 4 nitrogen and oxygen atoms in total. The molecule has 0 aliphatic carbocycles. The van der Waals surface area contributed by atoms with Crippen molar-refractivity contribution < 1.29 is 9.18 Å². The van der Waals surface area contributed by atoms with E-state index in [1.54, 1.807) is 23.9 Å². The third-order valence-electron chi connectivity index (χ3n) is 4.24. The van der Waals surface area contributed by atoms with Gasteiger partial charge in [-0.15, -0.1) is 11.8 Å². The Morgan fingerprint density at radius 2 is 1.92 bits per heavy atom. The van der Waals surface area contributed by atoms with Crippen molar-refractivity contribution in [3.05, 3.63) is 65.5 Å². The van der Waals surface area contributed by atoms with E-state index >= 15 is 0 Å². The van der Waals surface area contributed by atoms with Crippen LogP contribution in [0.4, 0.5) is 4.39 Å². The number of benzene rings is 2. The first kappa shape index (κ1) is 17.9. The molecular formula is C19H22FN3OS. The SMILES string of the molecule is Cc1ccc(SCCNC(=O)C2CNNC2c2ccc(F)cc2)cc1. The summed E-state index contributed by atoms with van der Waals surface area (Å²) in [6, 6.07) is 14.5. The molecule has 0 radical (unpaired) electrons. The van der Waals surface area contributed by atoms with Crippen LogP contribution in [0.5, 0.6) is 0 Å². The van der Waals surface area contributed by atoms with E-state index in [4.69, 9.17) is 0 Å². The summed E-state index contributed by atoms with van der Waals surface area (Å²) < 4.78 is 13.1. The molecule has 25 heavy (non-hydrogen) atoms. The van der Waals surface area contributed by atoms with Crippen LogP contribution in [0.2, 0.25) is 0 Å². The van der Waals surface area contributed by atoms with Crippen molar-refractivity contribution in [3.63, 3.8) is 0 Å². The van der Waals surface area contributed by atoms with E-state index < -0.39 is 0 Å². The third kappa shape index (κ3) is 4.81. The van der Waals surface area contributed by atoms with E-state index in [0.717, 1.165) is 11.3 Å². The van der Waals surface area contributed by atoms with E-state index in [9.17, 15) is 9.18 Å². The molecule has 0 saturated carbocycles. The van der Waals surface area contributed by atoms with E-state index in [0.29, 0.717) is 13.1 Å². The molecule has 1 fully saturated rings. The molecule has 6 heteroatoms. The van der Waals surface area contributed by atoms with Crippen LogP contribution in [0.3, 0.4) is 0 Å². The predicted octanol–water partition coefficient (Wildman–Crippen LogP) is 2.81. The van der Waals surface area contributed by atoms with Crippen molar-refractivity contribution in [1.29, 1.82) is 0 Å². The zero-order chi connectivity index (χ0) is 17.6. The lowest BCUT2D eigenvalue weighted by molar-refractivity contribution is -0.124. The maximum Gasteiger partial charge on any atom is 0.226 e. The van der Waals surface area contributed by atoms with Gasteiger partial charge in [0.1, 0.15) is 5.82 Å². The summed E-state index contributed by atoms with van der Waals surface area (Å²) in [5.41, 5.74) is 8.28. The van der Waals surface area contributed by atoms with E-state index in [2.05, 4.69) is 47.4 Å². The van der Waals surface area contributed by atoms with Gasteiger partial charge in [-0.1, -0.05) is 29.8 Å². The normalized spacial score (nSPS) is 19.8. The molecule has 2 atom stereocenters. The molecule has 2 unspecified atom stereocenters. The zero-order valence-corrected chi connectivity index (χ0v) is 14.9. The number of carbonyl (C=O) groups is 1. The topological polar surface area (TPSA) is 53.2 Å². The van der Waals surface area contributed by atoms with Crippen LogP contribution in [-0.4, -0.2) is 24.7 Å². The summed E-state index contributed by atoms with van der Waals surface area (Å²) >= 11 is 1.72. The van der Waals surface area contributed by atoms with Gasteiger partial charge in [0.15, 0.2) is 0 Å². The second-order valence-electron chi connectivity index (χ2n) is 6.11. The number of hydrazine groups is 1. The molecule has 1 aliphatic heterocycles. The van der Waals surface area contributed by atoms with Gasteiger partial charge in [0, 0.05) is 23.7 Å². The lowest BCUT2D eigenvalue weighted by Gasteiger charge is -2.18. The molecule has 132 valence electrons. The third-order valence-corrected chi connectivity index (χ3v) is 5.25. The molecule has 0 bridgehead atoms. The van der Waals surface area contributed by atoms with Crippen LogP contribution in [0.15, 0.2) is 53.4 Å². The Hall–Kier alpha value is -1.89. The predicted molar refractivity (Wildman–Crippen MR) is 98.7 cm³/mol. The molecule has 0 aromatic heterocycles. The van der Waals surface area contributed by atoms with E-state index in [-0.39, 0.29) is 23.7 Å². The molecule has 0 spiro atoms. The maximum atomic E-state index is 13.1. The van der Waals surface area contributed by atoms with Crippen molar-refractivity contribution in [2.45, 2.75) is 17.9 Å². The minimum absolute atomic E-state index is 0.0105. The summed E-state index contributed by atoms with van der Waals surface area (Å²) in [4.78, 5) is 13.7. The Labute approximate surface area is 151 Å². The highest BCUT2D eigenvalue weighted by Gasteiger charge is 2.33. The van der Waals surface area contributed by atoms with Gasteiger partial charge in [-0.2, -0.15) is 0 Å². The van der Waals surface area contributed by atoms with Crippen molar-refractivity contribution in [3.8, 4) is 0 Å². The quantitative estimate of drug-likeness (QED) is 0.548. The second kappa shape index (κ2) is 8.47. The number of amides is 1. The number of hydrogen-bond acceptors (Lipinski definition) is 4. The van der Waals surface area contributed by atoms with Gasteiger partial charge in [0.05, 0.1) is 12.0 Å². The maximum absolute atomic E-state index is 13.1. The van der Waals surface area contributed by atoms with Crippen LogP contribution in [0.1, 0.15) is 17.2 Å². The number of thioether (sulfide) groups is 1. The first-order valence-corrected chi connectivity index (χ1v) is 9.33. The fourth-order valence-corrected chi connectivity index (χ4v) is 3.60. The monoisotopic (exact) mass is 359 g/mol. The summed E-state index contributed by atoms with van der Waals surface area (Å²) in [6.07, 6.45) is 0. The van der Waals surface area contributed by atoms with E-state index in [1.807, 2.05) is 0 Å². The Bertz CT molecular complexity index is 706. The smallest absolute Gasteiger partial charge is 0.226 e. The number of aryl methyl sites for hydroxylation is 1. The van der Waals surface area contributed by atoms with Crippen LogP contribution >= 0.6 is 11.8 Å². The van der Waals surface area contributed by atoms with Crippen LogP contribution in [0, 0.1) is 18.7 Å². The zero-order valence-electron chi connectivity index (χ0n) is 14.1. The molecule has 1 saturated heterocycles. The average Bonchev–Trinajstić information content (AvgIpc) is 3.10. The van der Waals surface area contributed by atoms with Crippen molar-refractivity contribution in [2.24, 2.45) is 5.92 Å². The number of rotatable bonds is 6. The van der Waals surface area contributed by atoms with Crippen LogP contribution in [-0.2, 0) is 4.79 Å². The molecule has 1 amide bonds. The van der Waals surface area contributed by atoms with Gasteiger partial charge >= 0.3 is 0 Å². The standard InChI is InChI=1S/C19H22FN3OS/c1-13-2-8-16(9-3-13)25-11-10-21-19(24)17-12-22-23-18(17)14-4-6-15(20)7-5-14/h2-9,17-18,22-23H,10-12H2,1H3,(H,21,24). The van der Waals surface area contributed by atoms with Crippen molar-refractivity contribution in [1.82, 2.24) is 16.2 Å². The molecule has 3 N–H and O–H groups in total. The van der Waals surface area contributed by atoms with Gasteiger partial charge in [-0.05, 0) is 36.8 Å². The van der Waals surface area contributed by atoms with Crippen molar-refractivity contribution >= 4 is 17.7 Å². The summed E-state index contributed by atoms with van der Waals surface area (Å²) in [7, 11) is 0. The highest BCUT2D eigenvalue weighted by molar-refractivity contribution is 7.99. The minimum atomic E-state index is -0.274. The fraction of sp³-hybridized carbons (Fsp3) is 0.316. The van der Waals surface area contributed by atoms with Gasteiger partial charge in [-0.3, -0.25) is 10.2 Å². The highest BCUT2D eigenvalue weighted by Crippen LogP contribution is 2.25. The first-order chi connectivity index (χ1) is 12.1. The van der Waals surface area contributed by atoms with Crippen LogP contribution in [0.25, 0.3) is 0 Å².